The van der Waals surface area contributed by atoms with Crippen LogP contribution in [0, 0.1) is 5.41 Å². The molecule has 0 unspecified atom stereocenters. The third-order valence-corrected chi connectivity index (χ3v) is 5.81. The molecule has 1 N–H and O–H groups in total. The van der Waals surface area contributed by atoms with Crippen LogP contribution in [0.3, 0.4) is 0 Å². The van der Waals surface area contributed by atoms with Gasteiger partial charge in [-0.1, -0.05) is 17.8 Å². The Labute approximate surface area is 182 Å². The van der Waals surface area contributed by atoms with Gasteiger partial charge in [0.15, 0.2) is 16.6 Å². The zero-order chi connectivity index (χ0) is 22.1. The Morgan fingerprint density at radius 2 is 2.03 bits per heavy atom. The van der Waals surface area contributed by atoms with Crippen molar-refractivity contribution in [3.05, 3.63) is 58.1 Å². The van der Waals surface area contributed by atoms with E-state index in [2.05, 4.69) is 4.99 Å². The Kier molecular flexibility index (Phi) is 5.55. The molecule has 2 aromatic carbocycles. The Morgan fingerprint density at radius 3 is 2.74 bits per heavy atom. The molecule has 2 heterocycles. The second kappa shape index (κ2) is 8.31. The van der Waals surface area contributed by atoms with Gasteiger partial charge in [-0.3, -0.25) is 15.0 Å². The highest BCUT2D eigenvalue weighted by molar-refractivity contribution is 8.14. The van der Waals surface area contributed by atoms with E-state index in [0.29, 0.717) is 39.8 Å². The van der Waals surface area contributed by atoms with Crippen molar-refractivity contribution >= 4 is 39.6 Å². The number of aliphatic imine (C=N–C) groups is 1. The number of methoxy groups -OCH3 is 2. The minimum atomic E-state index is -0.414. The molecule has 0 bridgehead atoms. The molecule has 0 spiro atoms. The number of nitrogens with zero attached hydrogens (tertiary/aromatic N) is 4. The fourth-order valence-electron chi connectivity index (χ4n) is 3.30. The Hall–Kier alpha value is -3.53. The van der Waals surface area contributed by atoms with Gasteiger partial charge in [-0.15, -0.1) is 0 Å². The van der Waals surface area contributed by atoms with Crippen molar-refractivity contribution in [3.8, 4) is 11.5 Å². The van der Waals surface area contributed by atoms with E-state index in [1.165, 1.54) is 21.3 Å². The molecular weight excluding hydrogens is 418 g/mol. The van der Waals surface area contributed by atoms with Gasteiger partial charge < -0.3 is 13.9 Å². The highest BCUT2D eigenvalue weighted by atomic mass is 32.2. The molecule has 0 amide bonds. The van der Waals surface area contributed by atoms with Crippen molar-refractivity contribution in [1.29, 1.82) is 5.41 Å². The topological polar surface area (TPSA) is 105 Å². The van der Waals surface area contributed by atoms with Crippen LogP contribution in [0.4, 0.5) is 0 Å². The van der Waals surface area contributed by atoms with E-state index in [9.17, 15) is 4.79 Å². The monoisotopic (exact) mass is 439 g/mol. The number of rotatable bonds is 4. The first-order valence-corrected chi connectivity index (χ1v) is 10.3. The molecule has 160 valence electrons. The van der Waals surface area contributed by atoms with E-state index in [1.807, 2.05) is 18.2 Å². The molecule has 10 heteroatoms. The molecule has 0 radical (unpaired) electrons. The Morgan fingerprint density at radius 1 is 1.23 bits per heavy atom. The number of hydrazone groups is 1. The number of thioether (sulfide) groups is 1. The van der Waals surface area contributed by atoms with Crippen LogP contribution >= 0.6 is 11.8 Å². The minimum absolute atomic E-state index is 0.245. The Balaban J connectivity index is 1.76. The number of oxazole rings is 1. The van der Waals surface area contributed by atoms with Crippen molar-refractivity contribution < 1.29 is 13.9 Å². The maximum Gasteiger partial charge on any atom is 0.419 e. The maximum atomic E-state index is 11.8. The van der Waals surface area contributed by atoms with Gasteiger partial charge in [-0.2, -0.15) is 10.1 Å². The quantitative estimate of drug-likeness (QED) is 0.495. The van der Waals surface area contributed by atoms with Crippen LogP contribution < -0.4 is 15.2 Å². The molecule has 0 fully saturated rings. The largest absolute Gasteiger partial charge is 0.497 e. The summed E-state index contributed by atoms with van der Waals surface area (Å²) in [6.45, 7) is 0. The highest BCUT2D eigenvalue weighted by Crippen LogP contribution is 2.29. The normalized spacial score (nSPS) is 14.7. The molecule has 1 aliphatic heterocycles. The number of aryl methyl sites for hydroxylation is 1. The molecule has 31 heavy (non-hydrogen) atoms. The van der Waals surface area contributed by atoms with E-state index in [-0.39, 0.29) is 5.17 Å². The smallest absolute Gasteiger partial charge is 0.419 e. The van der Waals surface area contributed by atoms with E-state index in [4.69, 9.17) is 24.4 Å². The number of amidine groups is 2. The summed E-state index contributed by atoms with van der Waals surface area (Å²) in [6.07, 6.45) is 0. The van der Waals surface area contributed by atoms with E-state index < -0.39 is 5.76 Å². The fourth-order valence-corrected chi connectivity index (χ4v) is 4.05. The second-order valence-electron chi connectivity index (χ2n) is 6.68. The fraction of sp³-hybridized carbons (Fsp3) is 0.238. The van der Waals surface area contributed by atoms with E-state index in [0.717, 1.165) is 11.3 Å². The number of benzene rings is 2. The Bertz CT molecular complexity index is 1290. The number of hydrogen-bond donors (Lipinski definition) is 1. The third kappa shape index (κ3) is 3.70. The van der Waals surface area contributed by atoms with E-state index >= 15 is 0 Å². The standard InChI is InChI=1S/C21H21N5O4S/c1-23-19(14-7-6-13(28-3)10-17(14)29-4)26-20(22)31-11-15(24-26)12-5-8-16-18(9-12)30-21(27)25(16)2/h5-10,22H,11H2,1-4H3/b22-20?,23-19-. The van der Waals surface area contributed by atoms with Crippen LogP contribution in [-0.2, 0) is 7.05 Å². The molecule has 0 atom stereocenters. The lowest BCUT2D eigenvalue weighted by molar-refractivity contribution is 0.393. The molecule has 0 saturated heterocycles. The summed E-state index contributed by atoms with van der Waals surface area (Å²) in [4.78, 5) is 16.2. The van der Waals surface area contributed by atoms with Crippen molar-refractivity contribution in [1.82, 2.24) is 9.58 Å². The maximum absolute atomic E-state index is 11.8. The summed E-state index contributed by atoms with van der Waals surface area (Å²) in [7, 11) is 6.46. The van der Waals surface area contributed by atoms with Crippen LogP contribution in [-0.4, -0.2) is 53.3 Å². The predicted molar refractivity (Wildman–Crippen MR) is 122 cm³/mol. The molecule has 0 aliphatic carbocycles. The highest BCUT2D eigenvalue weighted by Gasteiger charge is 2.26. The summed E-state index contributed by atoms with van der Waals surface area (Å²) in [5.74, 6) is 1.78. The SMILES string of the molecule is C/N=C(/c1ccc(OC)cc1OC)N1N=C(c2ccc3c(c2)oc(=O)n3C)CSC1=N. The van der Waals surface area contributed by atoms with Crippen LogP contribution in [0.5, 0.6) is 11.5 Å². The van der Waals surface area contributed by atoms with Gasteiger partial charge in [0, 0.05) is 31.5 Å². The summed E-state index contributed by atoms with van der Waals surface area (Å²) < 4.78 is 17.5. The first-order valence-electron chi connectivity index (χ1n) is 9.35. The molecule has 1 aliphatic rings. The van der Waals surface area contributed by atoms with Crippen LogP contribution in [0.15, 0.2) is 55.7 Å². The van der Waals surface area contributed by atoms with Crippen LogP contribution in [0.2, 0.25) is 0 Å². The number of fused-ring (bicyclic) bond motifs is 1. The average molecular weight is 439 g/mol. The number of aromatic nitrogens is 1. The van der Waals surface area contributed by atoms with E-state index in [1.54, 1.807) is 46.5 Å². The number of hydrogen-bond acceptors (Lipinski definition) is 8. The van der Waals surface area contributed by atoms with Crippen molar-refractivity contribution in [2.75, 3.05) is 27.0 Å². The molecular formula is C21H21N5O4S. The van der Waals surface area contributed by atoms with Gasteiger partial charge in [0.25, 0.3) is 0 Å². The number of nitrogens with one attached hydrogen (secondary N) is 1. The van der Waals surface area contributed by atoms with Gasteiger partial charge in [0.1, 0.15) is 11.5 Å². The first kappa shape index (κ1) is 20.7. The summed E-state index contributed by atoms with van der Waals surface area (Å²) in [6, 6.07) is 10.9. The zero-order valence-corrected chi connectivity index (χ0v) is 18.3. The lowest BCUT2D eigenvalue weighted by atomic mass is 10.1. The van der Waals surface area contributed by atoms with Gasteiger partial charge in [-0.25, -0.2) is 4.79 Å². The lowest BCUT2D eigenvalue weighted by Crippen LogP contribution is -2.36. The molecule has 0 saturated carbocycles. The van der Waals surface area contributed by atoms with Gasteiger partial charge in [-0.05, 0) is 24.3 Å². The van der Waals surface area contributed by atoms with Crippen LogP contribution in [0.25, 0.3) is 11.1 Å². The van der Waals surface area contributed by atoms with Crippen molar-refractivity contribution in [3.63, 3.8) is 0 Å². The lowest BCUT2D eigenvalue weighted by Gasteiger charge is -2.27. The first-order chi connectivity index (χ1) is 15.0. The molecule has 9 nitrogen and oxygen atoms in total. The minimum Gasteiger partial charge on any atom is -0.497 e. The second-order valence-corrected chi connectivity index (χ2v) is 7.64. The predicted octanol–water partition coefficient (Wildman–Crippen LogP) is 2.91. The zero-order valence-electron chi connectivity index (χ0n) is 17.5. The summed E-state index contributed by atoms with van der Waals surface area (Å²) >= 11 is 1.34. The summed E-state index contributed by atoms with van der Waals surface area (Å²) in [5, 5.41) is 14.8. The van der Waals surface area contributed by atoms with Crippen molar-refractivity contribution in [2.24, 2.45) is 17.1 Å². The molecule has 3 aromatic rings. The molecule has 4 rings (SSSR count). The number of ether oxygens (including phenoxy) is 2. The van der Waals surface area contributed by atoms with Gasteiger partial charge in [0.2, 0.25) is 0 Å². The van der Waals surface area contributed by atoms with Gasteiger partial charge >= 0.3 is 5.76 Å². The molecule has 1 aromatic heterocycles. The third-order valence-electron chi connectivity index (χ3n) is 4.95. The van der Waals surface area contributed by atoms with Crippen LogP contribution in [0.1, 0.15) is 11.1 Å². The van der Waals surface area contributed by atoms with Crippen molar-refractivity contribution in [2.45, 2.75) is 0 Å². The average Bonchev–Trinajstić information content (AvgIpc) is 3.08. The van der Waals surface area contributed by atoms with Gasteiger partial charge in [0.05, 0.1) is 31.0 Å². The summed E-state index contributed by atoms with van der Waals surface area (Å²) in [5.41, 5.74) is 3.44.